The summed E-state index contributed by atoms with van der Waals surface area (Å²) in [6.07, 6.45) is 1.96. The van der Waals surface area contributed by atoms with Gasteiger partial charge in [0, 0.05) is 0 Å². The van der Waals surface area contributed by atoms with E-state index in [0.29, 0.717) is 11.8 Å². The van der Waals surface area contributed by atoms with Crippen LogP contribution < -0.4 is 5.09 Å². The molecule has 0 amide bonds. The molecule has 114 valence electrons. The molecule has 0 aliphatic carbocycles. The first-order chi connectivity index (χ1) is 8.57. The molecule has 0 aromatic rings. The molecular weight excluding hydrogens is 257 g/mol. The summed E-state index contributed by atoms with van der Waals surface area (Å²) in [6, 6.07) is -0.172. The summed E-state index contributed by atoms with van der Waals surface area (Å²) >= 11 is 0. The largest absolute Gasteiger partial charge is 0.468 e. The molecule has 0 spiro atoms. The molecular formula is C15H32NO2P. The Bertz CT molecular complexity index is 272. The van der Waals surface area contributed by atoms with Crippen molar-refractivity contribution < 1.29 is 9.53 Å². The molecule has 2 atom stereocenters. The lowest BCUT2D eigenvalue weighted by Gasteiger charge is -2.36. The fourth-order valence-electron chi connectivity index (χ4n) is 1.89. The SMILES string of the molecule is COC(=O)[C@@H](CC(C)C)N[P@@](CC(C)C)C(C)(C)C. The van der Waals surface area contributed by atoms with Gasteiger partial charge in [-0.05, 0) is 37.6 Å². The van der Waals surface area contributed by atoms with Crippen LogP contribution >= 0.6 is 8.07 Å². The van der Waals surface area contributed by atoms with Crippen LogP contribution in [0.4, 0.5) is 0 Å². The monoisotopic (exact) mass is 289 g/mol. The van der Waals surface area contributed by atoms with Gasteiger partial charge in [0.05, 0.1) is 7.11 Å². The van der Waals surface area contributed by atoms with E-state index >= 15 is 0 Å². The third-order valence-electron chi connectivity index (χ3n) is 2.86. The van der Waals surface area contributed by atoms with Crippen molar-refractivity contribution in [3.8, 4) is 0 Å². The molecule has 3 nitrogen and oxygen atoms in total. The minimum Gasteiger partial charge on any atom is -0.468 e. The van der Waals surface area contributed by atoms with Gasteiger partial charge in [0.15, 0.2) is 0 Å². The molecule has 0 aliphatic heterocycles. The Hall–Kier alpha value is -0.140. The van der Waals surface area contributed by atoms with E-state index < -0.39 is 8.07 Å². The molecule has 0 aromatic heterocycles. The molecule has 0 aliphatic rings. The van der Waals surface area contributed by atoms with E-state index in [9.17, 15) is 4.79 Å². The quantitative estimate of drug-likeness (QED) is 0.568. The van der Waals surface area contributed by atoms with Gasteiger partial charge in [-0.1, -0.05) is 48.5 Å². The molecule has 0 saturated heterocycles. The van der Waals surface area contributed by atoms with Crippen molar-refractivity contribution in [2.24, 2.45) is 11.8 Å². The molecule has 19 heavy (non-hydrogen) atoms. The van der Waals surface area contributed by atoms with Gasteiger partial charge in [0.2, 0.25) is 0 Å². The van der Waals surface area contributed by atoms with Crippen LogP contribution in [0.1, 0.15) is 54.9 Å². The molecule has 0 radical (unpaired) electrons. The third-order valence-corrected chi connectivity index (χ3v) is 6.20. The summed E-state index contributed by atoms with van der Waals surface area (Å²) in [7, 11) is 1.07. The first kappa shape index (κ1) is 18.9. The van der Waals surface area contributed by atoms with Crippen LogP contribution in [0.15, 0.2) is 0 Å². The number of rotatable bonds is 7. The van der Waals surface area contributed by atoms with Crippen LogP contribution in [0.5, 0.6) is 0 Å². The van der Waals surface area contributed by atoms with Crippen molar-refractivity contribution in [2.45, 2.75) is 66.1 Å². The predicted octanol–water partition coefficient (Wildman–Crippen LogP) is 4.02. The van der Waals surface area contributed by atoms with Gasteiger partial charge in [-0.15, -0.1) is 0 Å². The van der Waals surface area contributed by atoms with Crippen LogP contribution in [0.3, 0.4) is 0 Å². The summed E-state index contributed by atoms with van der Waals surface area (Å²) in [4.78, 5) is 11.9. The van der Waals surface area contributed by atoms with Crippen molar-refractivity contribution in [1.82, 2.24) is 5.09 Å². The zero-order valence-corrected chi connectivity index (χ0v) is 14.8. The smallest absolute Gasteiger partial charge is 0.323 e. The lowest BCUT2D eigenvalue weighted by atomic mass is 10.1. The van der Waals surface area contributed by atoms with E-state index in [1.165, 1.54) is 7.11 Å². The molecule has 0 aromatic carbocycles. The van der Waals surface area contributed by atoms with Crippen molar-refractivity contribution in [1.29, 1.82) is 0 Å². The maximum atomic E-state index is 11.9. The second-order valence-electron chi connectivity index (χ2n) is 7.01. The number of nitrogens with one attached hydrogen (secondary N) is 1. The highest BCUT2D eigenvalue weighted by atomic mass is 31.1. The molecule has 0 rings (SSSR count). The lowest BCUT2D eigenvalue weighted by Crippen LogP contribution is -2.39. The Kier molecular flexibility index (Phi) is 8.15. The second kappa shape index (κ2) is 8.21. The number of esters is 1. The number of carbonyl (C=O) groups excluding carboxylic acids is 1. The molecule has 0 saturated carbocycles. The average Bonchev–Trinajstić information content (AvgIpc) is 2.23. The minimum atomic E-state index is -0.400. The first-order valence-corrected chi connectivity index (χ1v) is 8.72. The second-order valence-corrected chi connectivity index (χ2v) is 9.83. The van der Waals surface area contributed by atoms with Gasteiger partial charge in [-0.2, -0.15) is 0 Å². The van der Waals surface area contributed by atoms with E-state index in [2.05, 4.69) is 53.6 Å². The van der Waals surface area contributed by atoms with Gasteiger partial charge < -0.3 is 4.74 Å². The number of hydrogen-bond acceptors (Lipinski definition) is 3. The number of carbonyl (C=O) groups is 1. The highest BCUT2D eigenvalue weighted by molar-refractivity contribution is 7.57. The molecule has 0 unspecified atom stereocenters. The van der Waals surface area contributed by atoms with Crippen LogP contribution in [-0.4, -0.2) is 30.4 Å². The van der Waals surface area contributed by atoms with Crippen molar-refractivity contribution >= 4 is 14.0 Å². The zero-order chi connectivity index (χ0) is 15.2. The topological polar surface area (TPSA) is 38.3 Å². The maximum Gasteiger partial charge on any atom is 0.323 e. The third kappa shape index (κ3) is 7.89. The van der Waals surface area contributed by atoms with Crippen LogP contribution in [0.2, 0.25) is 0 Å². The average molecular weight is 289 g/mol. The Morgan fingerprint density at radius 2 is 1.68 bits per heavy atom. The molecule has 4 heteroatoms. The maximum absolute atomic E-state index is 11.9. The lowest BCUT2D eigenvalue weighted by molar-refractivity contribution is -0.143. The van der Waals surface area contributed by atoms with Gasteiger partial charge in [0.25, 0.3) is 0 Å². The van der Waals surface area contributed by atoms with E-state index in [1.54, 1.807) is 0 Å². The normalized spacial score (nSPS) is 15.7. The molecule has 0 heterocycles. The first-order valence-electron chi connectivity index (χ1n) is 7.19. The van der Waals surface area contributed by atoms with E-state index in [4.69, 9.17) is 4.74 Å². The Labute approximate surface area is 120 Å². The standard InChI is InChI=1S/C15H32NO2P/c1-11(2)9-13(14(17)18-8)16-19(10-12(3)4)15(5,6)7/h11-13,16H,9-10H2,1-8H3/t13-,19+/m1/s1. The van der Waals surface area contributed by atoms with Crippen molar-refractivity contribution in [2.75, 3.05) is 13.3 Å². The summed E-state index contributed by atoms with van der Waals surface area (Å²) in [5.74, 6) is 0.983. The number of ether oxygens (including phenoxy) is 1. The fourth-order valence-corrected chi connectivity index (χ4v) is 4.25. The van der Waals surface area contributed by atoms with Crippen LogP contribution in [-0.2, 0) is 9.53 Å². The number of hydrogen-bond donors (Lipinski definition) is 1. The summed E-state index contributed by atoms with van der Waals surface area (Å²) in [5.41, 5.74) is 0. The van der Waals surface area contributed by atoms with Gasteiger partial charge in [-0.25, -0.2) is 0 Å². The van der Waals surface area contributed by atoms with Crippen molar-refractivity contribution in [3.63, 3.8) is 0 Å². The molecule has 1 N–H and O–H groups in total. The minimum absolute atomic E-state index is 0.130. The summed E-state index contributed by atoms with van der Waals surface area (Å²) < 4.78 is 4.94. The fraction of sp³-hybridized carbons (Fsp3) is 0.933. The summed E-state index contributed by atoms with van der Waals surface area (Å²) in [6.45, 7) is 15.5. The molecule has 0 fully saturated rings. The van der Waals surface area contributed by atoms with E-state index in [0.717, 1.165) is 12.6 Å². The van der Waals surface area contributed by atoms with E-state index in [-0.39, 0.29) is 17.2 Å². The summed E-state index contributed by atoms with van der Waals surface area (Å²) in [5, 5.41) is 3.79. The van der Waals surface area contributed by atoms with Gasteiger partial charge in [0.1, 0.15) is 6.04 Å². The highest BCUT2D eigenvalue weighted by Gasteiger charge is 2.30. The Morgan fingerprint density at radius 1 is 1.16 bits per heavy atom. The molecule has 0 bridgehead atoms. The van der Waals surface area contributed by atoms with Crippen LogP contribution in [0, 0.1) is 11.8 Å². The van der Waals surface area contributed by atoms with Gasteiger partial charge in [-0.3, -0.25) is 9.88 Å². The van der Waals surface area contributed by atoms with Crippen molar-refractivity contribution in [3.05, 3.63) is 0 Å². The highest BCUT2D eigenvalue weighted by Crippen LogP contribution is 2.47. The van der Waals surface area contributed by atoms with E-state index in [1.807, 2.05) is 0 Å². The van der Waals surface area contributed by atoms with Gasteiger partial charge >= 0.3 is 5.97 Å². The number of methoxy groups -OCH3 is 1. The van der Waals surface area contributed by atoms with Crippen LogP contribution in [0.25, 0.3) is 0 Å². The Morgan fingerprint density at radius 3 is 2.00 bits per heavy atom. The Balaban J connectivity index is 4.87. The predicted molar refractivity (Wildman–Crippen MR) is 84.8 cm³/mol. The zero-order valence-electron chi connectivity index (χ0n) is 13.9.